The predicted molar refractivity (Wildman–Crippen MR) is 85.2 cm³/mol. The van der Waals surface area contributed by atoms with Crippen LogP contribution in [0.3, 0.4) is 0 Å². The number of aryl methyl sites for hydroxylation is 1. The molecule has 1 atom stereocenters. The summed E-state index contributed by atoms with van der Waals surface area (Å²) in [4.78, 5) is 26.2. The van der Waals surface area contributed by atoms with Crippen LogP contribution in [-0.4, -0.2) is 11.8 Å². The maximum absolute atomic E-state index is 12.6. The lowest BCUT2D eigenvalue weighted by atomic mass is 9.98. The summed E-state index contributed by atoms with van der Waals surface area (Å²) in [6.07, 6.45) is 0.230. The molecule has 0 radical (unpaired) electrons. The minimum absolute atomic E-state index is 0.149. The van der Waals surface area contributed by atoms with Crippen molar-refractivity contribution in [3.8, 4) is 0 Å². The van der Waals surface area contributed by atoms with Crippen LogP contribution in [0.2, 0.25) is 0 Å². The Morgan fingerprint density at radius 1 is 1.10 bits per heavy atom. The molecule has 1 fully saturated rings. The molecule has 0 N–H and O–H groups in total. The quantitative estimate of drug-likeness (QED) is 0.777. The smallest absolute Gasteiger partial charge is 0.241 e. The maximum atomic E-state index is 12.6. The van der Waals surface area contributed by atoms with Crippen molar-refractivity contribution in [1.82, 2.24) is 0 Å². The van der Waals surface area contributed by atoms with E-state index in [2.05, 4.69) is 15.9 Å². The molecule has 1 saturated heterocycles. The van der Waals surface area contributed by atoms with Gasteiger partial charge in [-0.05, 0) is 30.2 Å². The van der Waals surface area contributed by atoms with E-state index in [1.807, 2.05) is 55.5 Å². The molecular weight excluding hydrogens is 330 g/mol. The largest absolute Gasteiger partial charge is 0.274 e. The van der Waals surface area contributed by atoms with Crippen molar-refractivity contribution in [3.63, 3.8) is 0 Å². The molecular formula is C17H14BrNO2. The molecule has 1 aliphatic heterocycles. The van der Waals surface area contributed by atoms with Crippen LogP contribution >= 0.6 is 15.9 Å². The van der Waals surface area contributed by atoms with Crippen molar-refractivity contribution in [1.29, 1.82) is 0 Å². The third kappa shape index (κ3) is 2.51. The van der Waals surface area contributed by atoms with Crippen LogP contribution in [0.4, 0.5) is 5.69 Å². The highest BCUT2D eigenvalue weighted by Crippen LogP contribution is 2.34. The first kappa shape index (κ1) is 14.0. The van der Waals surface area contributed by atoms with Gasteiger partial charge in [0.05, 0.1) is 11.6 Å². The molecule has 0 saturated carbocycles. The highest BCUT2D eigenvalue weighted by atomic mass is 79.9. The summed E-state index contributed by atoms with van der Waals surface area (Å²) in [5.41, 5.74) is 2.59. The number of hydrogen-bond donors (Lipinski definition) is 0. The Bertz CT molecular complexity index is 712. The summed E-state index contributed by atoms with van der Waals surface area (Å²) in [6.45, 7) is 1.97. The highest BCUT2D eigenvalue weighted by Gasteiger charge is 2.40. The number of carbonyl (C=O) groups excluding carboxylic acids is 2. The van der Waals surface area contributed by atoms with Crippen LogP contribution in [0.5, 0.6) is 0 Å². The van der Waals surface area contributed by atoms with Gasteiger partial charge in [0.15, 0.2) is 0 Å². The average molecular weight is 344 g/mol. The van der Waals surface area contributed by atoms with Gasteiger partial charge in [0.25, 0.3) is 0 Å². The number of rotatable bonds is 2. The zero-order valence-electron chi connectivity index (χ0n) is 11.5. The Balaban J connectivity index is 1.96. The first-order chi connectivity index (χ1) is 10.1. The second-order valence-corrected chi connectivity index (χ2v) is 6.02. The Kier molecular flexibility index (Phi) is 3.64. The monoisotopic (exact) mass is 343 g/mol. The topological polar surface area (TPSA) is 37.4 Å². The molecule has 2 aromatic rings. The molecule has 0 aromatic heterocycles. The van der Waals surface area contributed by atoms with Gasteiger partial charge < -0.3 is 0 Å². The number of benzene rings is 2. The fraction of sp³-hybridized carbons (Fsp3) is 0.176. The molecule has 4 heteroatoms. The third-order valence-electron chi connectivity index (χ3n) is 3.76. The summed E-state index contributed by atoms with van der Waals surface area (Å²) >= 11 is 3.44. The lowest BCUT2D eigenvalue weighted by Gasteiger charge is -2.16. The Labute approximate surface area is 131 Å². The fourth-order valence-corrected chi connectivity index (χ4v) is 2.94. The summed E-state index contributed by atoms with van der Waals surface area (Å²) < 4.78 is 0.892. The van der Waals surface area contributed by atoms with Gasteiger partial charge in [-0.3, -0.25) is 9.59 Å². The van der Waals surface area contributed by atoms with E-state index in [0.29, 0.717) is 5.69 Å². The molecule has 0 bridgehead atoms. The third-order valence-corrected chi connectivity index (χ3v) is 4.62. The fourth-order valence-electron chi connectivity index (χ4n) is 2.57. The molecule has 1 aliphatic rings. The van der Waals surface area contributed by atoms with Gasteiger partial charge in [0, 0.05) is 10.9 Å². The molecule has 3 rings (SSSR count). The van der Waals surface area contributed by atoms with Crippen LogP contribution in [0, 0.1) is 6.92 Å². The van der Waals surface area contributed by atoms with E-state index in [1.54, 1.807) is 0 Å². The Morgan fingerprint density at radius 2 is 1.81 bits per heavy atom. The Morgan fingerprint density at radius 3 is 2.48 bits per heavy atom. The number of carbonyl (C=O) groups is 2. The number of amides is 2. The lowest BCUT2D eigenvalue weighted by molar-refractivity contribution is -0.121. The number of nitrogens with zero attached hydrogens (tertiary/aromatic N) is 1. The number of hydrogen-bond acceptors (Lipinski definition) is 2. The standard InChI is InChI=1S/C17H14BrNO2/c1-11-7-8-13(9-15(11)18)19-16(20)10-14(17(19)21)12-5-3-2-4-6-12/h2-9,14H,10H2,1H3. The van der Waals surface area contributed by atoms with Crippen molar-refractivity contribution in [2.45, 2.75) is 19.3 Å². The van der Waals surface area contributed by atoms with Gasteiger partial charge in [0.1, 0.15) is 0 Å². The minimum Gasteiger partial charge on any atom is -0.274 e. The molecule has 1 heterocycles. The molecule has 21 heavy (non-hydrogen) atoms. The van der Waals surface area contributed by atoms with Crippen molar-refractivity contribution in [3.05, 3.63) is 64.1 Å². The predicted octanol–water partition coefficient (Wildman–Crippen LogP) is 3.80. The van der Waals surface area contributed by atoms with Crippen molar-refractivity contribution < 1.29 is 9.59 Å². The van der Waals surface area contributed by atoms with Gasteiger partial charge in [-0.15, -0.1) is 0 Å². The number of anilines is 1. The van der Waals surface area contributed by atoms with E-state index in [-0.39, 0.29) is 24.2 Å². The van der Waals surface area contributed by atoms with Gasteiger partial charge in [-0.25, -0.2) is 4.90 Å². The maximum Gasteiger partial charge on any atom is 0.241 e. The number of halogens is 1. The molecule has 0 spiro atoms. The zero-order chi connectivity index (χ0) is 15.0. The molecule has 0 aliphatic carbocycles. The van der Waals surface area contributed by atoms with E-state index < -0.39 is 0 Å². The second-order valence-electron chi connectivity index (χ2n) is 5.17. The van der Waals surface area contributed by atoms with E-state index in [4.69, 9.17) is 0 Å². The summed E-state index contributed by atoms with van der Waals surface area (Å²) in [7, 11) is 0. The van der Waals surface area contributed by atoms with Crippen LogP contribution in [0.1, 0.15) is 23.5 Å². The minimum atomic E-state index is -0.376. The lowest BCUT2D eigenvalue weighted by Crippen LogP contribution is -2.30. The summed E-state index contributed by atoms with van der Waals surface area (Å²) in [5, 5.41) is 0. The average Bonchev–Trinajstić information content (AvgIpc) is 2.78. The van der Waals surface area contributed by atoms with Crippen molar-refractivity contribution in [2.75, 3.05) is 4.90 Å². The zero-order valence-corrected chi connectivity index (χ0v) is 13.1. The van der Waals surface area contributed by atoms with Crippen LogP contribution in [0.25, 0.3) is 0 Å². The first-order valence-electron chi connectivity index (χ1n) is 6.76. The van der Waals surface area contributed by atoms with E-state index in [1.165, 1.54) is 4.90 Å². The van der Waals surface area contributed by atoms with Crippen molar-refractivity contribution in [2.24, 2.45) is 0 Å². The van der Waals surface area contributed by atoms with Crippen LogP contribution < -0.4 is 4.90 Å². The summed E-state index contributed by atoms with van der Waals surface area (Å²) in [5.74, 6) is -0.676. The van der Waals surface area contributed by atoms with Crippen LogP contribution in [0.15, 0.2) is 53.0 Å². The van der Waals surface area contributed by atoms with E-state index in [0.717, 1.165) is 15.6 Å². The second kappa shape index (κ2) is 5.45. The highest BCUT2D eigenvalue weighted by molar-refractivity contribution is 9.10. The molecule has 106 valence electrons. The Hall–Kier alpha value is -1.94. The molecule has 2 amide bonds. The van der Waals surface area contributed by atoms with Crippen molar-refractivity contribution >= 4 is 33.4 Å². The van der Waals surface area contributed by atoms with E-state index in [9.17, 15) is 9.59 Å². The molecule has 2 aromatic carbocycles. The van der Waals surface area contributed by atoms with Crippen LogP contribution in [-0.2, 0) is 9.59 Å². The number of imide groups is 1. The van der Waals surface area contributed by atoms with Gasteiger partial charge >= 0.3 is 0 Å². The van der Waals surface area contributed by atoms with E-state index >= 15 is 0 Å². The molecule has 1 unspecified atom stereocenters. The van der Waals surface area contributed by atoms with Gasteiger partial charge in [-0.2, -0.15) is 0 Å². The van der Waals surface area contributed by atoms with Gasteiger partial charge in [0.2, 0.25) is 11.8 Å². The summed E-state index contributed by atoms with van der Waals surface area (Å²) in [6, 6.07) is 15.0. The normalized spacial score (nSPS) is 18.4. The first-order valence-corrected chi connectivity index (χ1v) is 7.55. The molecule has 3 nitrogen and oxygen atoms in total. The van der Waals surface area contributed by atoms with Gasteiger partial charge in [-0.1, -0.05) is 52.3 Å². The SMILES string of the molecule is Cc1ccc(N2C(=O)CC(c3ccccc3)C2=O)cc1Br.